The van der Waals surface area contributed by atoms with Crippen molar-refractivity contribution in [3.05, 3.63) is 81.5 Å². The lowest BCUT2D eigenvalue weighted by Gasteiger charge is -2.11. The summed E-state index contributed by atoms with van der Waals surface area (Å²) in [4.78, 5) is 28.4. The average molecular weight is 341 g/mol. The lowest BCUT2D eigenvalue weighted by atomic mass is 10.2. The second kappa shape index (κ2) is 6.64. The first kappa shape index (κ1) is 15.9. The molecular weight excluding hydrogens is 328 g/mol. The summed E-state index contributed by atoms with van der Waals surface area (Å²) < 4.78 is 1.55. The summed E-state index contributed by atoms with van der Waals surface area (Å²) in [5.74, 6) is -0.617. The molecule has 0 unspecified atom stereocenters. The largest absolute Gasteiger partial charge is 0.319 e. The number of carbonyl (C=O) groups excluding carboxylic acids is 1. The smallest absolute Gasteiger partial charge is 0.280 e. The lowest BCUT2D eigenvalue weighted by Crippen LogP contribution is -2.26. The normalized spacial score (nSPS) is 10.4. The van der Waals surface area contributed by atoms with E-state index in [0.717, 1.165) is 5.69 Å². The number of nitrogens with zero attached hydrogens (tertiary/aromatic N) is 3. The van der Waals surface area contributed by atoms with Gasteiger partial charge in [-0.15, -0.1) is 0 Å². The molecular formula is C17H13ClN4O2. The Bertz CT molecular complexity index is 954. The number of benzene rings is 1. The van der Waals surface area contributed by atoms with Crippen molar-refractivity contribution in [1.29, 1.82) is 0 Å². The topological polar surface area (TPSA) is 76.9 Å². The Morgan fingerprint density at radius 2 is 1.92 bits per heavy atom. The monoisotopic (exact) mass is 340 g/mol. The molecule has 0 saturated heterocycles. The fraction of sp³-hybridized carbons (Fsp3) is 0.0588. The molecule has 1 amide bonds. The summed E-state index contributed by atoms with van der Waals surface area (Å²) >= 11 is 5.84. The summed E-state index contributed by atoms with van der Waals surface area (Å²) in [6.07, 6.45) is 2.89. The van der Waals surface area contributed by atoms with E-state index in [2.05, 4.69) is 15.4 Å². The molecule has 0 aliphatic rings. The Balaban J connectivity index is 1.99. The van der Waals surface area contributed by atoms with E-state index in [1.807, 2.05) is 30.3 Å². The Hall–Kier alpha value is -2.99. The van der Waals surface area contributed by atoms with Crippen molar-refractivity contribution in [1.82, 2.24) is 14.8 Å². The zero-order valence-electron chi connectivity index (χ0n) is 12.7. The van der Waals surface area contributed by atoms with Gasteiger partial charge in [-0.1, -0.05) is 29.8 Å². The van der Waals surface area contributed by atoms with Crippen LogP contribution in [0.2, 0.25) is 5.02 Å². The van der Waals surface area contributed by atoms with Crippen LogP contribution in [0.3, 0.4) is 0 Å². The molecule has 3 rings (SSSR count). The van der Waals surface area contributed by atoms with Gasteiger partial charge in [-0.2, -0.15) is 5.10 Å². The van der Waals surface area contributed by atoms with Gasteiger partial charge in [0.2, 0.25) is 5.43 Å². The first-order valence-electron chi connectivity index (χ1n) is 7.13. The van der Waals surface area contributed by atoms with Gasteiger partial charge < -0.3 is 5.32 Å². The zero-order chi connectivity index (χ0) is 17.1. The zero-order valence-corrected chi connectivity index (χ0v) is 13.5. The molecule has 2 aromatic heterocycles. The van der Waals surface area contributed by atoms with E-state index in [9.17, 15) is 9.59 Å². The van der Waals surface area contributed by atoms with Gasteiger partial charge in [0.25, 0.3) is 5.91 Å². The molecule has 0 fully saturated rings. The number of halogens is 1. The molecule has 120 valence electrons. The SMILES string of the molecule is Cc1cc(=O)c(C(=O)Nc2cncc(Cl)c2)nn1-c1ccccc1. The number of amides is 1. The van der Waals surface area contributed by atoms with Gasteiger partial charge in [-0.25, -0.2) is 4.68 Å². The van der Waals surface area contributed by atoms with E-state index in [4.69, 9.17) is 11.6 Å². The third-order valence-corrected chi connectivity index (χ3v) is 3.49. The fourth-order valence-electron chi connectivity index (χ4n) is 2.21. The van der Waals surface area contributed by atoms with E-state index in [-0.39, 0.29) is 5.69 Å². The van der Waals surface area contributed by atoms with Gasteiger partial charge in [0.15, 0.2) is 5.69 Å². The quantitative estimate of drug-likeness (QED) is 0.795. The minimum atomic E-state index is -0.617. The molecule has 0 aliphatic carbocycles. The minimum Gasteiger partial charge on any atom is -0.319 e. The first-order valence-corrected chi connectivity index (χ1v) is 7.51. The Kier molecular flexibility index (Phi) is 4.39. The molecule has 0 atom stereocenters. The molecule has 24 heavy (non-hydrogen) atoms. The predicted molar refractivity (Wildman–Crippen MR) is 91.8 cm³/mol. The molecule has 6 nitrogen and oxygen atoms in total. The third kappa shape index (κ3) is 3.33. The molecule has 0 saturated carbocycles. The van der Waals surface area contributed by atoms with E-state index in [1.165, 1.54) is 24.5 Å². The average Bonchev–Trinajstić information content (AvgIpc) is 2.55. The van der Waals surface area contributed by atoms with Crippen molar-refractivity contribution in [2.75, 3.05) is 5.32 Å². The highest BCUT2D eigenvalue weighted by molar-refractivity contribution is 6.30. The molecule has 0 radical (unpaired) electrons. The molecule has 1 N–H and O–H groups in total. The summed E-state index contributed by atoms with van der Waals surface area (Å²) in [5, 5.41) is 7.16. The van der Waals surface area contributed by atoms with Crippen molar-refractivity contribution >= 4 is 23.2 Å². The van der Waals surface area contributed by atoms with Gasteiger partial charge in [0, 0.05) is 18.0 Å². The van der Waals surface area contributed by atoms with Gasteiger partial charge in [-0.3, -0.25) is 14.6 Å². The van der Waals surface area contributed by atoms with Crippen LogP contribution in [0.4, 0.5) is 5.69 Å². The number of aromatic nitrogens is 3. The second-order valence-electron chi connectivity index (χ2n) is 5.09. The molecule has 0 spiro atoms. The summed E-state index contributed by atoms with van der Waals surface area (Å²) in [6.45, 7) is 1.75. The number of nitrogens with one attached hydrogen (secondary N) is 1. The summed E-state index contributed by atoms with van der Waals surface area (Å²) in [7, 11) is 0. The van der Waals surface area contributed by atoms with Gasteiger partial charge in [-0.05, 0) is 25.1 Å². The molecule has 2 heterocycles. The predicted octanol–water partition coefficient (Wildman–Crippen LogP) is 2.84. The van der Waals surface area contributed by atoms with Gasteiger partial charge >= 0.3 is 0 Å². The van der Waals surface area contributed by atoms with Crippen LogP contribution >= 0.6 is 11.6 Å². The van der Waals surface area contributed by atoms with Crippen molar-refractivity contribution in [2.24, 2.45) is 0 Å². The maximum Gasteiger partial charge on any atom is 0.280 e. The van der Waals surface area contributed by atoms with Crippen LogP contribution in [0.25, 0.3) is 5.69 Å². The number of hydrogen-bond donors (Lipinski definition) is 1. The molecule has 7 heteroatoms. The maximum absolute atomic E-state index is 12.4. The highest BCUT2D eigenvalue weighted by atomic mass is 35.5. The van der Waals surface area contributed by atoms with Gasteiger partial charge in [0.1, 0.15) is 0 Å². The summed E-state index contributed by atoms with van der Waals surface area (Å²) in [5.41, 5.74) is 1.12. The molecule has 3 aromatic rings. The number of carbonyl (C=O) groups is 1. The highest BCUT2D eigenvalue weighted by Crippen LogP contribution is 2.13. The van der Waals surface area contributed by atoms with Crippen molar-refractivity contribution < 1.29 is 4.79 Å². The van der Waals surface area contributed by atoms with E-state index >= 15 is 0 Å². The first-order chi connectivity index (χ1) is 11.5. The Labute approximate surface area is 142 Å². The van der Waals surface area contributed by atoms with Crippen molar-refractivity contribution in [3.8, 4) is 5.69 Å². The maximum atomic E-state index is 12.4. The number of para-hydroxylation sites is 1. The highest BCUT2D eigenvalue weighted by Gasteiger charge is 2.15. The van der Waals surface area contributed by atoms with Crippen LogP contribution in [-0.4, -0.2) is 20.7 Å². The second-order valence-corrected chi connectivity index (χ2v) is 5.53. The van der Waals surface area contributed by atoms with E-state index in [1.54, 1.807) is 11.6 Å². The Morgan fingerprint density at radius 1 is 1.17 bits per heavy atom. The van der Waals surface area contributed by atoms with Crippen LogP contribution in [0, 0.1) is 6.92 Å². The van der Waals surface area contributed by atoms with Crippen LogP contribution in [0.15, 0.2) is 59.7 Å². The molecule has 0 aliphatic heterocycles. The van der Waals surface area contributed by atoms with Crippen molar-refractivity contribution in [3.63, 3.8) is 0 Å². The number of pyridine rings is 1. The van der Waals surface area contributed by atoms with Crippen LogP contribution in [0.5, 0.6) is 0 Å². The number of rotatable bonds is 3. The van der Waals surface area contributed by atoms with Gasteiger partial charge in [0.05, 0.1) is 22.6 Å². The van der Waals surface area contributed by atoms with Crippen LogP contribution < -0.4 is 10.7 Å². The van der Waals surface area contributed by atoms with Crippen LogP contribution in [-0.2, 0) is 0 Å². The standard InChI is InChI=1S/C17H13ClN4O2/c1-11-7-15(23)16(21-22(11)14-5-3-2-4-6-14)17(24)20-13-8-12(18)9-19-10-13/h2-10H,1H3,(H,20,24). The summed E-state index contributed by atoms with van der Waals surface area (Å²) in [6, 6.07) is 12.2. The van der Waals surface area contributed by atoms with E-state index in [0.29, 0.717) is 16.4 Å². The number of aryl methyl sites for hydroxylation is 1. The molecule has 0 bridgehead atoms. The Morgan fingerprint density at radius 3 is 2.62 bits per heavy atom. The number of hydrogen-bond acceptors (Lipinski definition) is 4. The van der Waals surface area contributed by atoms with E-state index < -0.39 is 11.3 Å². The van der Waals surface area contributed by atoms with Crippen LogP contribution in [0.1, 0.15) is 16.2 Å². The molecule has 1 aromatic carbocycles. The fourth-order valence-corrected chi connectivity index (χ4v) is 2.38. The number of anilines is 1. The third-order valence-electron chi connectivity index (χ3n) is 3.29. The lowest BCUT2D eigenvalue weighted by molar-refractivity contribution is 0.101. The minimum absolute atomic E-state index is 0.204. The van der Waals surface area contributed by atoms with Crippen molar-refractivity contribution in [2.45, 2.75) is 6.92 Å².